The van der Waals surface area contributed by atoms with Gasteiger partial charge in [-0.2, -0.15) is 5.26 Å². The van der Waals surface area contributed by atoms with Crippen LogP contribution < -0.4 is 21.3 Å². The fraction of sp³-hybridized carbons (Fsp3) is 0. The Labute approximate surface area is 291 Å². The summed E-state index contributed by atoms with van der Waals surface area (Å²) >= 11 is 0. The molecule has 4 heteroatoms. The number of rotatable bonds is 6. The van der Waals surface area contributed by atoms with E-state index in [0.717, 1.165) is 76.5 Å². The second kappa shape index (κ2) is 12.0. The predicted octanol–water partition coefficient (Wildman–Crippen LogP) is 10.1. The van der Waals surface area contributed by atoms with Gasteiger partial charge in [-0.05, 0) is 68.7 Å². The molecule has 0 heterocycles. The first-order valence-corrected chi connectivity index (χ1v) is 16.7. The number of para-hydroxylation sites is 2. The number of hydrogen-bond donors (Lipinski definition) is 0. The van der Waals surface area contributed by atoms with Gasteiger partial charge in [0.15, 0.2) is 5.69 Å². The van der Waals surface area contributed by atoms with Crippen molar-refractivity contribution < 1.29 is 0 Å². The van der Waals surface area contributed by atoms with Crippen molar-refractivity contribution in [2.75, 3.05) is 4.90 Å². The molecule has 0 spiro atoms. The van der Waals surface area contributed by atoms with E-state index < -0.39 is 0 Å². The second-order valence-corrected chi connectivity index (χ2v) is 12.6. The number of hydrogen-bond acceptors (Lipinski definition) is 2. The first kappa shape index (κ1) is 29.3. The lowest BCUT2D eigenvalue weighted by molar-refractivity contribution is 1.30. The van der Waals surface area contributed by atoms with E-state index in [1.165, 1.54) is 0 Å². The van der Waals surface area contributed by atoms with Gasteiger partial charge in [-0.3, -0.25) is 0 Å². The summed E-state index contributed by atoms with van der Waals surface area (Å²) in [5.74, 6) is 0. The first-order valence-electron chi connectivity index (χ1n) is 16.7. The van der Waals surface area contributed by atoms with Gasteiger partial charge in [0.05, 0.1) is 18.2 Å². The lowest BCUT2D eigenvalue weighted by Crippen LogP contribution is -2.52. The van der Waals surface area contributed by atoms with E-state index in [0.29, 0.717) is 11.3 Å². The molecular formula is C46H28BN3. The third-order valence-electron chi connectivity index (χ3n) is 9.94. The molecule has 0 fully saturated rings. The Hall–Kier alpha value is -6.88. The molecule has 0 saturated carbocycles. The monoisotopic (exact) mass is 633 g/mol. The quantitative estimate of drug-likeness (QED) is 0.0790. The highest BCUT2D eigenvalue weighted by Gasteiger charge is 2.29. The van der Waals surface area contributed by atoms with E-state index in [1.54, 1.807) is 0 Å². The van der Waals surface area contributed by atoms with Gasteiger partial charge in [-0.1, -0.05) is 150 Å². The van der Waals surface area contributed by atoms with Crippen LogP contribution in [0, 0.1) is 17.9 Å². The van der Waals surface area contributed by atoms with Crippen LogP contribution in [0.5, 0.6) is 0 Å². The normalized spacial score (nSPS) is 11.2. The third kappa shape index (κ3) is 4.51. The molecule has 0 radical (unpaired) electrons. The van der Waals surface area contributed by atoms with E-state index in [4.69, 9.17) is 6.57 Å². The van der Waals surface area contributed by atoms with Crippen molar-refractivity contribution in [3.8, 4) is 6.07 Å². The minimum Gasteiger partial charge on any atom is -0.311 e. The molecule has 230 valence electrons. The molecule has 50 heavy (non-hydrogen) atoms. The van der Waals surface area contributed by atoms with E-state index in [-0.39, 0.29) is 6.71 Å². The number of anilines is 3. The van der Waals surface area contributed by atoms with E-state index in [1.807, 2.05) is 54.6 Å². The number of nitriles is 1. The Kier molecular flexibility index (Phi) is 7.01. The third-order valence-corrected chi connectivity index (χ3v) is 9.94. The van der Waals surface area contributed by atoms with Crippen LogP contribution in [0.3, 0.4) is 0 Å². The lowest BCUT2D eigenvalue weighted by atomic mass is 9.36. The minimum absolute atomic E-state index is 0.106. The topological polar surface area (TPSA) is 31.4 Å². The van der Waals surface area contributed by atoms with Crippen LogP contribution in [0.4, 0.5) is 22.7 Å². The summed E-state index contributed by atoms with van der Waals surface area (Å²) in [6.07, 6.45) is 0. The highest BCUT2D eigenvalue weighted by Crippen LogP contribution is 2.50. The van der Waals surface area contributed by atoms with Crippen molar-refractivity contribution in [2.45, 2.75) is 0 Å². The molecule has 0 aliphatic heterocycles. The summed E-state index contributed by atoms with van der Waals surface area (Å²) in [5, 5.41) is 19.0. The van der Waals surface area contributed by atoms with Crippen LogP contribution in [0.25, 0.3) is 47.9 Å². The molecule has 9 rings (SSSR count). The number of fused-ring (bicyclic) bond motifs is 3. The molecule has 3 nitrogen and oxygen atoms in total. The molecular weight excluding hydrogens is 605 g/mol. The van der Waals surface area contributed by atoms with E-state index in [9.17, 15) is 5.26 Å². The molecule has 9 aromatic rings. The highest BCUT2D eigenvalue weighted by atomic mass is 15.1. The van der Waals surface area contributed by atoms with Crippen LogP contribution in [0.1, 0.15) is 5.56 Å². The number of benzene rings is 9. The zero-order valence-electron chi connectivity index (χ0n) is 27.1. The van der Waals surface area contributed by atoms with Crippen LogP contribution in [0.15, 0.2) is 170 Å². The van der Waals surface area contributed by atoms with Gasteiger partial charge in [0.25, 0.3) is 0 Å². The van der Waals surface area contributed by atoms with Crippen molar-refractivity contribution >= 4 is 88.9 Å². The fourth-order valence-electron chi connectivity index (χ4n) is 7.91. The Morgan fingerprint density at radius 2 is 0.980 bits per heavy atom. The van der Waals surface area contributed by atoms with E-state index in [2.05, 4.69) is 131 Å². The summed E-state index contributed by atoms with van der Waals surface area (Å²) in [6, 6.07) is 61.3. The second-order valence-electron chi connectivity index (χ2n) is 12.6. The maximum Gasteiger partial charge on any atom is 0.242 e. The highest BCUT2D eigenvalue weighted by molar-refractivity contribution is 6.97. The van der Waals surface area contributed by atoms with Gasteiger partial charge in [0.2, 0.25) is 6.71 Å². The Morgan fingerprint density at radius 1 is 0.500 bits per heavy atom. The molecule has 0 atom stereocenters. The molecule has 0 saturated heterocycles. The molecule has 0 N–H and O–H groups in total. The van der Waals surface area contributed by atoms with Crippen molar-refractivity contribution in [3.05, 3.63) is 187 Å². The molecule has 0 aromatic heterocycles. The maximum atomic E-state index is 10.9. The van der Waals surface area contributed by atoms with Gasteiger partial charge < -0.3 is 4.90 Å². The molecule has 9 aromatic carbocycles. The summed E-state index contributed by atoms with van der Waals surface area (Å²) in [6.45, 7) is 8.33. The SMILES string of the molecule is [C-]#[N+]c1cc(N(c2ccccc2)c2ccccc2)c2c3ccccc3c3c(C#N)cc(B(c4ccccc4)c4ccccc4)c4ccc1c2c43. The van der Waals surface area contributed by atoms with Crippen molar-refractivity contribution in [3.63, 3.8) is 0 Å². The van der Waals surface area contributed by atoms with Crippen LogP contribution >= 0.6 is 0 Å². The fourth-order valence-corrected chi connectivity index (χ4v) is 7.91. The molecule has 0 aliphatic rings. The van der Waals surface area contributed by atoms with Gasteiger partial charge >= 0.3 is 0 Å². The average Bonchev–Trinajstić information content (AvgIpc) is 3.19. The van der Waals surface area contributed by atoms with Gasteiger partial charge in [-0.25, -0.2) is 4.85 Å². The Bertz CT molecular complexity index is 2690. The Balaban J connectivity index is 1.51. The summed E-state index contributed by atoms with van der Waals surface area (Å²) in [4.78, 5) is 6.40. The zero-order valence-corrected chi connectivity index (χ0v) is 27.1. The largest absolute Gasteiger partial charge is 0.311 e. The van der Waals surface area contributed by atoms with Crippen LogP contribution in [0.2, 0.25) is 0 Å². The zero-order chi connectivity index (χ0) is 33.6. The van der Waals surface area contributed by atoms with Crippen molar-refractivity contribution in [1.82, 2.24) is 0 Å². The van der Waals surface area contributed by atoms with Gasteiger partial charge in [-0.15, -0.1) is 0 Å². The molecule has 0 aliphatic carbocycles. The smallest absolute Gasteiger partial charge is 0.242 e. The predicted molar refractivity (Wildman–Crippen MR) is 211 cm³/mol. The average molecular weight is 634 g/mol. The van der Waals surface area contributed by atoms with Crippen molar-refractivity contribution in [1.29, 1.82) is 5.26 Å². The van der Waals surface area contributed by atoms with Crippen LogP contribution in [-0.2, 0) is 0 Å². The standard InChI is InChI=1S/C46H28BN3/c1-49-41-29-42(50(34-20-10-4-11-21-34)35-22-12-5-13-23-35)44-37-25-15-14-24-36(37)43-31(30-48)28-40(38-26-27-39(41)46(44)45(38)43)47(32-16-6-2-7-17-32)33-18-8-3-9-19-33/h2-29H. The number of nitrogens with zero attached hydrogens (tertiary/aromatic N) is 3. The molecule has 0 unspecified atom stereocenters. The van der Waals surface area contributed by atoms with Gasteiger partial charge in [0, 0.05) is 27.8 Å². The maximum absolute atomic E-state index is 10.9. The van der Waals surface area contributed by atoms with E-state index >= 15 is 0 Å². The first-order chi connectivity index (χ1) is 24.8. The molecule has 0 bridgehead atoms. The Morgan fingerprint density at radius 3 is 1.52 bits per heavy atom. The summed E-state index contributed by atoms with van der Waals surface area (Å²) < 4.78 is 0. The minimum atomic E-state index is -0.106. The summed E-state index contributed by atoms with van der Waals surface area (Å²) in [7, 11) is 0. The summed E-state index contributed by atoms with van der Waals surface area (Å²) in [5.41, 5.74) is 7.53. The van der Waals surface area contributed by atoms with Gasteiger partial charge in [0.1, 0.15) is 0 Å². The molecule has 0 amide bonds. The van der Waals surface area contributed by atoms with Crippen LogP contribution in [-0.4, -0.2) is 6.71 Å². The van der Waals surface area contributed by atoms with Crippen molar-refractivity contribution in [2.24, 2.45) is 0 Å². The lowest BCUT2D eigenvalue weighted by Gasteiger charge is -2.29.